The fourth-order valence-corrected chi connectivity index (χ4v) is 3.83. The van der Waals surface area contributed by atoms with Crippen LogP contribution in [0.4, 0.5) is 5.69 Å². The molecule has 188 valence electrons. The molecule has 1 rings (SSSR count). The summed E-state index contributed by atoms with van der Waals surface area (Å²) in [7, 11) is -1.14. The van der Waals surface area contributed by atoms with E-state index in [-0.39, 0.29) is 30.9 Å². The lowest BCUT2D eigenvalue weighted by Gasteiger charge is -2.33. The topological polar surface area (TPSA) is 82.1 Å². The van der Waals surface area contributed by atoms with Crippen molar-refractivity contribution in [2.45, 2.75) is 72.8 Å². The molecule has 0 fully saturated rings. The van der Waals surface area contributed by atoms with Crippen LogP contribution in [-0.4, -0.2) is 52.3 Å². The summed E-state index contributed by atoms with van der Waals surface area (Å²) in [5.74, 6) is 0.428. The molecule has 0 bridgehead atoms. The quantitative estimate of drug-likeness (QED) is 0.160. The second kappa shape index (κ2) is 13.9. The molecule has 0 unspecified atom stereocenters. The zero-order valence-corrected chi connectivity index (χ0v) is 24.1. The van der Waals surface area contributed by atoms with Crippen molar-refractivity contribution in [3.05, 3.63) is 22.7 Å². The third kappa shape index (κ3) is 16.6. The first-order chi connectivity index (χ1) is 15.0. The predicted molar refractivity (Wildman–Crippen MR) is 136 cm³/mol. The van der Waals surface area contributed by atoms with Crippen LogP contribution < -0.4 is 9.64 Å². The Balaban J connectivity index is 0.00000322. The van der Waals surface area contributed by atoms with Gasteiger partial charge in [0.2, 0.25) is 0 Å². The first-order valence-corrected chi connectivity index (χ1v) is 15.4. The van der Waals surface area contributed by atoms with Crippen molar-refractivity contribution in [1.82, 2.24) is 0 Å². The summed E-state index contributed by atoms with van der Waals surface area (Å²) in [6.07, 6.45) is 0.250. The predicted octanol–water partition coefficient (Wildman–Crippen LogP) is 5.75. The zero-order chi connectivity index (χ0) is 25.9. The Bertz CT molecular complexity index is 775. The molecule has 0 radical (unpaired) electrons. The highest BCUT2D eigenvalue weighted by Crippen LogP contribution is 2.33. The smallest absolute Gasteiger partial charge is 0.373 e. The molecule has 1 aromatic rings. The van der Waals surface area contributed by atoms with Crippen molar-refractivity contribution >= 4 is 41.8 Å². The van der Waals surface area contributed by atoms with Gasteiger partial charge in [-0.3, -0.25) is 4.79 Å². The average Bonchev–Trinajstić information content (AvgIpc) is 2.58. The first-order valence-electron chi connectivity index (χ1n) is 10.9. The molecule has 0 aromatic heterocycles. The summed E-state index contributed by atoms with van der Waals surface area (Å²) in [4.78, 5) is 30.8. The molecule has 0 spiro atoms. The minimum atomic E-state index is -1.14. The molecular formula is C24H40BrNO6Si. The average molecular weight is 547 g/mol. The molecule has 0 aliphatic rings. The van der Waals surface area contributed by atoms with Crippen molar-refractivity contribution in [2.75, 3.05) is 31.4 Å². The highest BCUT2D eigenvalue weighted by molar-refractivity contribution is 9.10. The number of ether oxygens (including phenoxy) is 3. The molecule has 33 heavy (non-hydrogen) atoms. The molecule has 0 atom stereocenters. The summed E-state index contributed by atoms with van der Waals surface area (Å²) < 4.78 is 18.2. The van der Waals surface area contributed by atoms with Crippen LogP contribution in [0.5, 0.6) is 5.75 Å². The van der Waals surface area contributed by atoms with Crippen LogP contribution in [0.1, 0.15) is 41.5 Å². The number of benzene rings is 1. The largest absolute Gasteiger partial charge is 0.465 e. The Hall–Kier alpha value is -1.67. The lowest BCUT2D eigenvalue weighted by atomic mass is 9.95. The highest BCUT2D eigenvalue weighted by Gasteiger charge is 2.25. The number of esters is 1. The number of hydrogen-bond donors (Lipinski definition) is 0. The van der Waals surface area contributed by atoms with E-state index in [1.54, 1.807) is 0 Å². The van der Waals surface area contributed by atoms with Crippen LogP contribution in [0, 0.1) is 5.41 Å². The number of hydrogen-bond acceptors (Lipinski definition) is 7. The molecule has 0 saturated heterocycles. The number of nitrogens with zero attached hydrogens (tertiary/aromatic N) is 1. The van der Waals surface area contributed by atoms with Gasteiger partial charge in [0.05, 0.1) is 5.69 Å². The lowest BCUT2D eigenvalue weighted by molar-refractivity contribution is -0.191. The van der Waals surface area contributed by atoms with E-state index in [1.807, 2.05) is 43.9 Å². The second-order valence-electron chi connectivity index (χ2n) is 11.2. The Kier molecular flexibility index (Phi) is 13.2. The third-order valence-electron chi connectivity index (χ3n) is 3.96. The molecule has 0 heterocycles. The van der Waals surface area contributed by atoms with Gasteiger partial charge in [0.15, 0.2) is 6.79 Å². The Morgan fingerprint density at radius 2 is 1.67 bits per heavy atom. The SMILES string of the molecule is CC(C)(C)CN(CC(=O)OC(C)(C)C)c1ccc(Br)cc1OCOCC[Si](C)(C)C.O=C=O. The van der Waals surface area contributed by atoms with Gasteiger partial charge >= 0.3 is 12.1 Å². The van der Waals surface area contributed by atoms with Crippen LogP contribution in [0.3, 0.4) is 0 Å². The van der Waals surface area contributed by atoms with Crippen LogP contribution in [0.15, 0.2) is 22.7 Å². The summed E-state index contributed by atoms with van der Waals surface area (Å²) >= 11 is 3.52. The molecule has 0 amide bonds. The van der Waals surface area contributed by atoms with E-state index in [2.05, 4.69) is 56.3 Å². The number of carbonyl (C=O) groups excluding carboxylic acids is 3. The summed E-state index contributed by atoms with van der Waals surface area (Å²) in [5, 5.41) is 0. The van der Waals surface area contributed by atoms with Gasteiger partial charge in [-0.15, -0.1) is 0 Å². The highest BCUT2D eigenvalue weighted by atomic mass is 79.9. The van der Waals surface area contributed by atoms with Gasteiger partial charge in [-0.2, -0.15) is 9.59 Å². The number of anilines is 1. The summed E-state index contributed by atoms with van der Waals surface area (Å²) in [5.41, 5.74) is 0.321. The van der Waals surface area contributed by atoms with Gasteiger partial charge in [-0.25, -0.2) is 0 Å². The van der Waals surface area contributed by atoms with E-state index in [0.29, 0.717) is 18.9 Å². The lowest BCUT2D eigenvalue weighted by Crippen LogP contribution is -2.39. The van der Waals surface area contributed by atoms with Crippen LogP contribution in [0.2, 0.25) is 25.7 Å². The van der Waals surface area contributed by atoms with Crippen molar-refractivity contribution < 1.29 is 28.6 Å². The first kappa shape index (κ1) is 31.3. The minimum Gasteiger partial charge on any atom is -0.465 e. The van der Waals surface area contributed by atoms with E-state index in [4.69, 9.17) is 23.8 Å². The van der Waals surface area contributed by atoms with Crippen LogP contribution in [-0.2, 0) is 23.9 Å². The van der Waals surface area contributed by atoms with Crippen molar-refractivity contribution in [2.24, 2.45) is 5.41 Å². The number of halogens is 1. The molecule has 7 nitrogen and oxygen atoms in total. The Morgan fingerprint density at radius 3 is 2.15 bits per heavy atom. The van der Waals surface area contributed by atoms with Crippen molar-refractivity contribution in [3.63, 3.8) is 0 Å². The Morgan fingerprint density at radius 1 is 1.09 bits per heavy atom. The third-order valence-corrected chi connectivity index (χ3v) is 6.16. The molecule has 0 aliphatic heterocycles. The zero-order valence-electron chi connectivity index (χ0n) is 21.5. The van der Waals surface area contributed by atoms with E-state index in [1.165, 1.54) is 0 Å². The van der Waals surface area contributed by atoms with E-state index in [9.17, 15) is 4.79 Å². The standard InChI is InChI=1S/C23H40BrNO4Si.CO2/c1-22(2,3)16-25(15-21(26)29-23(4,5)6)19-11-10-18(24)14-20(19)28-17-27-12-13-30(7,8)9;2-1-3/h10-11,14H,12-13,15-17H2,1-9H3;. The minimum absolute atomic E-state index is 0.0137. The molecule has 0 aliphatic carbocycles. The Labute approximate surface area is 208 Å². The van der Waals surface area contributed by atoms with Crippen molar-refractivity contribution in [3.8, 4) is 5.75 Å². The van der Waals surface area contributed by atoms with Gasteiger partial charge in [-0.05, 0) is 50.4 Å². The molecule has 0 N–H and O–H groups in total. The summed E-state index contributed by atoms with van der Waals surface area (Å²) in [6, 6.07) is 6.94. The fraction of sp³-hybridized carbons (Fsp3) is 0.667. The fourth-order valence-electron chi connectivity index (χ4n) is 2.74. The van der Waals surface area contributed by atoms with E-state index >= 15 is 0 Å². The second-order valence-corrected chi connectivity index (χ2v) is 17.7. The monoisotopic (exact) mass is 545 g/mol. The molecule has 9 heteroatoms. The van der Waals surface area contributed by atoms with Crippen LogP contribution >= 0.6 is 15.9 Å². The van der Waals surface area contributed by atoms with Gasteiger partial charge in [0.1, 0.15) is 17.9 Å². The van der Waals surface area contributed by atoms with Gasteiger partial charge in [0, 0.05) is 25.7 Å². The van der Waals surface area contributed by atoms with Gasteiger partial charge in [0.25, 0.3) is 0 Å². The molecule has 1 aromatic carbocycles. The van der Waals surface area contributed by atoms with Crippen molar-refractivity contribution in [1.29, 1.82) is 0 Å². The summed E-state index contributed by atoms with van der Waals surface area (Å²) in [6.45, 7) is 20.8. The molecule has 0 saturated carbocycles. The number of rotatable bonds is 10. The van der Waals surface area contributed by atoms with E-state index < -0.39 is 13.7 Å². The van der Waals surface area contributed by atoms with Gasteiger partial charge < -0.3 is 19.1 Å². The van der Waals surface area contributed by atoms with E-state index in [0.717, 1.165) is 16.2 Å². The normalized spacial score (nSPS) is 11.7. The van der Waals surface area contributed by atoms with Gasteiger partial charge in [-0.1, -0.05) is 56.3 Å². The van der Waals surface area contributed by atoms with Crippen LogP contribution in [0.25, 0.3) is 0 Å². The number of carbonyl (C=O) groups is 1. The molecular weight excluding hydrogens is 506 g/mol. The maximum Gasteiger partial charge on any atom is 0.373 e. The maximum absolute atomic E-state index is 12.6. The maximum atomic E-state index is 12.6.